The number of carbonyl (C=O) groups excluding carboxylic acids is 1. The maximum atomic E-state index is 12.3. The van der Waals surface area contributed by atoms with Crippen molar-refractivity contribution in [3.05, 3.63) is 70.3 Å². The number of hydrogen-bond acceptors (Lipinski definition) is 4. The predicted octanol–water partition coefficient (Wildman–Crippen LogP) is 4.66. The molecule has 1 heterocycles. The van der Waals surface area contributed by atoms with Gasteiger partial charge < -0.3 is 15.8 Å². The van der Waals surface area contributed by atoms with Crippen LogP contribution in [0.5, 0.6) is 10.8 Å². The molecule has 5 heteroatoms. The minimum Gasteiger partial charge on any atom is -0.446 e. The standard InChI is InChI=1S/C20H24N2O2S/c1-4-5-9-17(15(3)21)20(23)22-13-16-11-12-19(25-16)24-18-10-7-6-8-14(18)2/h5-12H,4,13,21H2,1-3H3,(H,22,23)/b9-5-,17-15-. The molecule has 1 aromatic carbocycles. The molecule has 1 amide bonds. The molecule has 1 aromatic heterocycles. The molecule has 2 aromatic rings. The number of amides is 1. The average molecular weight is 356 g/mol. The van der Waals surface area contributed by atoms with Gasteiger partial charge in [0.2, 0.25) is 0 Å². The highest BCUT2D eigenvalue weighted by molar-refractivity contribution is 7.13. The molecule has 0 fully saturated rings. The fourth-order valence-corrected chi connectivity index (χ4v) is 2.98. The van der Waals surface area contributed by atoms with E-state index in [1.165, 1.54) is 11.3 Å². The topological polar surface area (TPSA) is 64.3 Å². The monoisotopic (exact) mass is 356 g/mol. The Morgan fingerprint density at radius 2 is 2.04 bits per heavy atom. The number of carbonyl (C=O) groups is 1. The van der Waals surface area contributed by atoms with Gasteiger partial charge in [0, 0.05) is 10.6 Å². The van der Waals surface area contributed by atoms with Crippen LogP contribution < -0.4 is 15.8 Å². The lowest BCUT2D eigenvalue weighted by atomic mass is 10.1. The van der Waals surface area contributed by atoms with E-state index in [-0.39, 0.29) is 5.91 Å². The highest BCUT2D eigenvalue weighted by Crippen LogP contribution is 2.31. The van der Waals surface area contributed by atoms with Crippen LogP contribution in [0.2, 0.25) is 0 Å². The number of aryl methyl sites for hydroxylation is 1. The van der Waals surface area contributed by atoms with Gasteiger partial charge in [0.05, 0.1) is 12.1 Å². The number of hydrogen-bond donors (Lipinski definition) is 2. The van der Waals surface area contributed by atoms with Gasteiger partial charge in [-0.15, -0.1) is 11.3 Å². The number of thiophene rings is 1. The van der Waals surface area contributed by atoms with Gasteiger partial charge >= 0.3 is 0 Å². The van der Waals surface area contributed by atoms with E-state index in [0.29, 0.717) is 17.8 Å². The van der Waals surface area contributed by atoms with Gasteiger partial charge in [0.1, 0.15) is 5.75 Å². The summed E-state index contributed by atoms with van der Waals surface area (Å²) >= 11 is 1.51. The Morgan fingerprint density at radius 1 is 1.28 bits per heavy atom. The third-order valence-electron chi connectivity index (χ3n) is 3.55. The SMILES string of the molecule is CC/C=C\C(C(=O)NCc1ccc(Oc2ccccc2C)s1)=C(/C)N. The molecular weight excluding hydrogens is 332 g/mol. The second-order valence-corrected chi connectivity index (χ2v) is 6.81. The first-order valence-corrected chi connectivity index (χ1v) is 9.06. The second-order valence-electron chi connectivity index (χ2n) is 5.68. The van der Waals surface area contributed by atoms with Crippen molar-refractivity contribution in [2.75, 3.05) is 0 Å². The van der Waals surface area contributed by atoms with Gasteiger partial charge in [-0.25, -0.2) is 0 Å². The number of allylic oxidation sites excluding steroid dienone is 2. The van der Waals surface area contributed by atoms with E-state index in [1.807, 2.05) is 56.3 Å². The Kier molecular flexibility index (Phi) is 6.83. The number of nitrogens with one attached hydrogen (secondary N) is 1. The predicted molar refractivity (Wildman–Crippen MR) is 104 cm³/mol. The molecule has 0 aliphatic heterocycles. The maximum Gasteiger partial charge on any atom is 0.253 e. The summed E-state index contributed by atoms with van der Waals surface area (Å²) in [6.45, 7) is 6.20. The van der Waals surface area contributed by atoms with E-state index in [1.54, 1.807) is 13.0 Å². The van der Waals surface area contributed by atoms with Crippen LogP contribution in [0.1, 0.15) is 30.7 Å². The Bertz CT molecular complexity index is 786. The fourth-order valence-electron chi connectivity index (χ4n) is 2.17. The molecule has 132 valence electrons. The van der Waals surface area contributed by atoms with Gasteiger partial charge in [0.15, 0.2) is 5.06 Å². The van der Waals surface area contributed by atoms with E-state index in [9.17, 15) is 4.79 Å². The second kappa shape index (κ2) is 9.08. The molecule has 0 atom stereocenters. The molecule has 4 nitrogen and oxygen atoms in total. The zero-order chi connectivity index (χ0) is 18.2. The minimum absolute atomic E-state index is 0.167. The van der Waals surface area contributed by atoms with Gasteiger partial charge in [-0.05, 0) is 44.0 Å². The van der Waals surface area contributed by atoms with Crippen LogP contribution >= 0.6 is 11.3 Å². The summed E-state index contributed by atoms with van der Waals surface area (Å²) in [5, 5.41) is 3.71. The summed E-state index contributed by atoms with van der Waals surface area (Å²) in [6.07, 6.45) is 4.55. The molecule has 3 N–H and O–H groups in total. The molecule has 0 aliphatic rings. The Hall–Kier alpha value is -2.53. The van der Waals surface area contributed by atoms with Gasteiger partial charge in [-0.1, -0.05) is 37.3 Å². The quantitative estimate of drug-likeness (QED) is 0.560. The fraction of sp³-hybridized carbons (Fsp3) is 0.250. The normalized spacial score (nSPS) is 12.1. The van der Waals surface area contributed by atoms with Crippen molar-refractivity contribution in [3.63, 3.8) is 0 Å². The lowest BCUT2D eigenvalue weighted by Gasteiger charge is -2.07. The van der Waals surface area contributed by atoms with Crippen LogP contribution in [0.3, 0.4) is 0 Å². The Labute approximate surface area is 153 Å². The molecule has 25 heavy (non-hydrogen) atoms. The molecule has 0 radical (unpaired) electrons. The van der Waals surface area contributed by atoms with Crippen molar-refractivity contribution >= 4 is 17.2 Å². The third kappa shape index (κ3) is 5.50. The number of ether oxygens (including phenoxy) is 1. The van der Waals surface area contributed by atoms with Crippen LogP contribution in [0, 0.1) is 6.92 Å². The van der Waals surface area contributed by atoms with Crippen molar-refractivity contribution in [1.82, 2.24) is 5.32 Å². The highest BCUT2D eigenvalue weighted by Gasteiger charge is 2.10. The molecule has 0 bridgehead atoms. The Balaban J connectivity index is 1.97. The Morgan fingerprint density at radius 3 is 2.72 bits per heavy atom. The van der Waals surface area contributed by atoms with Crippen molar-refractivity contribution in [2.45, 2.75) is 33.7 Å². The molecule has 0 unspecified atom stereocenters. The van der Waals surface area contributed by atoms with Crippen LogP contribution in [0.4, 0.5) is 0 Å². The van der Waals surface area contributed by atoms with Crippen LogP contribution in [-0.2, 0) is 11.3 Å². The van der Waals surface area contributed by atoms with E-state index in [4.69, 9.17) is 10.5 Å². The highest BCUT2D eigenvalue weighted by atomic mass is 32.1. The summed E-state index contributed by atoms with van der Waals surface area (Å²) in [5.41, 5.74) is 7.91. The van der Waals surface area contributed by atoms with Gasteiger partial charge in [-0.2, -0.15) is 0 Å². The zero-order valence-corrected chi connectivity index (χ0v) is 15.7. The lowest BCUT2D eigenvalue weighted by Crippen LogP contribution is -2.25. The first-order chi connectivity index (χ1) is 12.0. The maximum absolute atomic E-state index is 12.3. The number of nitrogens with two attached hydrogens (primary N) is 1. The van der Waals surface area contributed by atoms with Crippen LogP contribution in [-0.4, -0.2) is 5.91 Å². The van der Waals surface area contributed by atoms with E-state index < -0.39 is 0 Å². The molecule has 0 saturated heterocycles. The van der Waals surface area contributed by atoms with E-state index in [2.05, 4.69) is 5.32 Å². The summed E-state index contributed by atoms with van der Waals surface area (Å²) in [4.78, 5) is 13.3. The van der Waals surface area contributed by atoms with Gasteiger partial charge in [-0.3, -0.25) is 4.79 Å². The van der Waals surface area contributed by atoms with Crippen molar-refractivity contribution in [1.29, 1.82) is 0 Å². The minimum atomic E-state index is -0.167. The smallest absolute Gasteiger partial charge is 0.253 e. The lowest BCUT2D eigenvalue weighted by molar-refractivity contribution is -0.117. The average Bonchev–Trinajstić information content (AvgIpc) is 3.02. The molecule has 0 saturated carbocycles. The van der Waals surface area contributed by atoms with Crippen molar-refractivity contribution in [2.24, 2.45) is 5.73 Å². The van der Waals surface area contributed by atoms with Gasteiger partial charge in [0.25, 0.3) is 5.91 Å². The van der Waals surface area contributed by atoms with Crippen LogP contribution in [0.15, 0.2) is 59.8 Å². The molecule has 2 rings (SSSR count). The molecule has 0 spiro atoms. The van der Waals surface area contributed by atoms with Crippen molar-refractivity contribution in [3.8, 4) is 10.8 Å². The molecule has 0 aliphatic carbocycles. The number of para-hydroxylation sites is 1. The largest absolute Gasteiger partial charge is 0.446 e. The van der Waals surface area contributed by atoms with Crippen molar-refractivity contribution < 1.29 is 9.53 Å². The number of rotatable bonds is 7. The third-order valence-corrected chi connectivity index (χ3v) is 4.52. The zero-order valence-electron chi connectivity index (χ0n) is 14.8. The summed E-state index contributed by atoms with van der Waals surface area (Å²) in [5.74, 6) is 0.674. The summed E-state index contributed by atoms with van der Waals surface area (Å²) in [6, 6.07) is 11.8. The molecular formula is C20H24N2O2S. The van der Waals surface area contributed by atoms with Crippen LogP contribution in [0.25, 0.3) is 0 Å². The first-order valence-electron chi connectivity index (χ1n) is 8.24. The van der Waals surface area contributed by atoms with E-state index >= 15 is 0 Å². The number of benzene rings is 1. The summed E-state index contributed by atoms with van der Waals surface area (Å²) < 4.78 is 5.90. The van der Waals surface area contributed by atoms with E-state index in [0.717, 1.165) is 27.7 Å². The first kappa shape index (κ1) is 18.8. The summed E-state index contributed by atoms with van der Waals surface area (Å²) in [7, 11) is 0.